The molecule has 2 heterocycles. The molecule has 1 aromatic carbocycles. The standard InChI is InChI=1S/C22H23N3O6/c1-3-14-11-22(14,20(27)30-2)24-18(26)17-10-15(12-25(17)21(28)29)31-19-16-7-5-4-6-13(16)8-9-23-19/h3-9,14-15,17H,1,10-12H2,2H3,(H,24,26)(H,28,29). The summed E-state index contributed by atoms with van der Waals surface area (Å²) in [5.74, 6) is -1.00. The molecule has 1 saturated carbocycles. The molecular weight excluding hydrogens is 402 g/mol. The van der Waals surface area contributed by atoms with Crippen molar-refractivity contribution in [2.75, 3.05) is 13.7 Å². The highest BCUT2D eigenvalue weighted by Gasteiger charge is 2.61. The first-order chi connectivity index (χ1) is 14.9. The maximum Gasteiger partial charge on any atom is 0.408 e. The Bertz CT molecular complexity index is 1050. The molecule has 2 aromatic rings. The molecule has 1 aromatic heterocycles. The quantitative estimate of drug-likeness (QED) is 0.537. The summed E-state index contributed by atoms with van der Waals surface area (Å²) in [6.07, 6.45) is 1.91. The van der Waals surface area contributed by atoms with E-state index in [2.05, 4.69) is 16.9 Å². The summed E-state index contributed by atoms with van der Waals surface area (Å²) < 4.78 is 10.8. The minimum atomic E-state index is -1.24. The molecular formula is C22H23N3O6. The van der Waals surface area contributed by atoms with E-state index in [1.165, 1.54) is 7.11 Å². The first-order valence-corrected chi connectivity index (χ1v) is 9.92. The van der Waals surface area contributed by atoms with Gasteiger partial charge in [-0.25, -0.2) is 14.6 Å². The molecule has 162 valence electrons. The summed E-state index contributed by atoms with van der Waals surface area (Å²) >= 11 is 0. The van der Waals surface area contributed by atoms with Crippen LogP contribution in [0.5, 0.6) is 5.88 Å². The van der Waals surface area contributed by atoms with E-state index in [1.807, 2.05) is 30.3 Å². The molecule has 0 bridgehead atoms. The van der Waals surface area contributed by atoms with Crippen LogP contribution in [0.1, 0.15) is 12.8 Å². The normalized spacial score (nSPS) is 26.9. The predicted octanol–water partition coefficient (Wildman–Crippen LogP) is 1.97. The highest BCUT2D eigenvalue weighted by Crippen LogP contribution is 2.45. The number of carbonyl (C=O) groups excluding carboxylic acids is 2. The number of benzene rings is 1. The summed E-state index contributed by atoms with van der Waals surface area (Å²) in [6, 6.07) is 8.42. The highest BCUT2D eigenvalue weighted by atomic mass is 16.5. The number of hydrogen-bond acceptors (Lipinski definition) is 6. The zero-order chi connectivity index (χ0) is 22.2. The Kier molecular flexibility index (Phi) is 5.26. The molecule has 1 aliphatic carbocycles. The van der Waals surface area contributed by atoms with Gasteiger partial charge in [-0.1, -0.05) is 24.3 Å². The lowest BCUT2D eigenvalue weighted by molar-refractivity contribution is -0.147. The van der Waals surface area contributed by atoms with Crippen LogP contribution in [-0.2, 0) is 14.3 Å². The van der Waals surface area contributed by atoms with Crippen molar-refractivity contribution < 1.29 is 29.0 Å². The van der Waals surface area contributed by atoms with E-state index < -0.39 is 35.7 Å². The number of rotatable bonds is 6. The Morgan fingerprint density at radius 2 is 2.10 bits per heavy atom. The van der Waals surface area contributed by atoms with Crippen LogP contribution in [0.4, 0.5) is 4.79 Å². The molecule has 2 N–H and O–H groups in total. The first-order valence-electron chi connectivity index (χ1n) is 9.92. The monoisotopic (exact) mass is 425 g/mol. The SMILES string of the molecule is C=CC1CC1(NC(=O)C1CC(Oc2nccc3ccccc23)CN1C(=O)O)C(=O)OC. The van der Waals surface area contributed by atoms with Crippen molar-refractivity contribution in [3.05, 3.63) is 49.2 Å². The second kappa shape index (κ2) is 7.90. The number of fused-ring (bicyclic) bond motifs is 1. The van der Waals surface area contributed by atoms with Crippen molar-refractivity contribution in [3.63, 3.8) is 0 Å². The van der Waals surface area contributed by atoms with Crippen molar-refractivity contribution in [3.8, 4) is 5.88 Å². The van der Waals surface area contributed by atoms with Gasteiger partial charge in [-0.15, -0.1) is 6.58 Å². The average molecular weight is 425 g/mol. The number of pyridine rings is 1. The third kappa shape index (κ3) is 3.67. The minimum Gasteiger partial charge on any atom is -0.472 e. The van der Waals surface area contributed by atoms with Gasteiger partial charge in [0.2, 0.25) is 11.8 Å². The summed E-state index contributed by atoms with van der Waals surface area (Å²) in [7, 11) is 1.24. The van der Waals surface area contributed by atoms with Crippen LogP contribution in [0.3, 0.4) is 0 Å². The van der Waals surface area contributed by atoms with Gasteiger partial charge in [0.05, 0.1) is 13.7 Å². The van der Waals surface area contributed by atoms with Crippen molar-refractivity contribution in [1.82, 2.24) is 15.2 Å². The van der Waals surface area contributed by atoms with Gasteiger partial charge in [0.25, 0.3) is 0 Å². The molecule has 0 spiro atoms. The largest absolute Gasteiger partial charge is 0.472 e. The number of carboxylic acid groups (broad SMARTS) is 1. The van der Waals surface area contributed by atoms with E-state index in [4.69, 9.17) is 9.47 Å². The fourth-order valence-corrected chi connectivity index (χ4v) is 4.17. The number of carbonyl (C=O) groups is 3. The molecule has 4 unspecified atom stereocenters. The number of hydrogen-bond donors (Lipinski definition) is 2. The number of esters is 1. The van der Waals surface area contributed by atoms with Gasteiger partial charge in [-0.2, -0.15) is 0 Å². The zero-order valence-electron chi connectivity index (χ0n) is 17.0. The van der Waals surface area contributed by atoms with Crippen LogP contribution in [0.2, 0.25) is 0 Å². The summed E-state index contributed by atoms with van der Waals surface area (Å²) in [6.45, 7) is 3.68. The average Bonchev–Trinajstić information content (AvgIpc) is 3.32. The van der Waals surface area contributed by atoms with E-state index >= 15 is 0 Å². The van der Waals surface area contributed by atoms with Gasteiger partial charge in [0, 0.05) is 23.9 Å². The third-order valence-electron chi connectivity index (χ3n) is 5.92. The molecule has 1 aliphatic heterocycles. The summed E-state index contributed by atoms with van der Waals surface area (Å²) in [5.41, 5.74) is -1.19. The lowest BCUT2D eigenvalue weighted by Crippen LogP contribution is -2.53. The number of ether oxygens (including phenoxy) is 2. The van der Waals surface area contributed by atoms with Crippen LogP contribution in [0, 0.1) is 5.92 Å². The molecule has 31 heavy (non-hydrogen) atoms. The Hall–Kier alpha value is -3.62. The molecule has 2 aliphatic rings. The number of likely N-dealkylation sites (tertiary alicyclic amines) is 1. The van der Waals surface area contributed by atoms with E-state index in [0.29, 0.717) is 12.3 Å². The fraction of sp³-hybridized carbons (Fsp3) is 0.364. The summed E-state index contributed by atoms with van der Waals surface area (Å²) in [5, 5.41) is 14.1. The molecule has 1 saturated heterocycles. The van der Waals surface area contributed by atoms with Gasteiger partial charge < -0.3 is 19.9 Å². The van der Waals surface area contributed by atoms with E-state index in [-0.39, 0.29) is 18.9 Å². The van der Waals surface area contributed by atoms with Crippen LogP contribution < -0.4 is 10.1 Å². The van der Waals surface area contributed by atoms with E-state index in [0.717, 1.165) is 15.7 Å². The first kappa shape index (κ1) is 20.6. The van der Waals surface area contributed by atoms with E-state index in [1.54, 1.807) is 12.3 Å². The van der Waals surface area contributed by atoms with Crippen molar-refractivity contribution in [1.29, 1.82) is 0 Å². The zero-order valence-corrected chi connectivity index (χ0v) is 17.0. The topological polar surface area (TPSA) is 118 Å². The highest BCUT2D eigenvalue weighted by molar-refractivity contribution is 5.94. The molecule has 9 heteroatoms. The third-order valence-corrected chi connectivity index (χ3v) is 5.92. The lowest BCUT2D eigenvalue weighted by atomic mass is 10.1. The Morgan fingerprint density at radius 1 is 1.32 bits per heavy atom. The van der Waals surface area contributed by atoms with Crippen LogP contribution in [0.15, 0.2) is 49.2 Å². The number of aromatic nitrogens is 1. The number of nitrogens with zero attached hydrogens (tertiary/aromatic N) is 2. The molecule has 0 radical (unpaired) electrons. The predicted molar refractivity (Wildman–Crippen MR) is 110 cm³/mol. The van der Waals surface area contributed by atoms with Crippen LogP contribution in [0.25, 0.3) is 10.8 Å². The van der Waals surface area contributed by atoms with Crippen molar-refractivity contribution in [2.24, 2.45) is 5.92 Å². The maximum atomic E-state index is 13.0. The Labute approximate surface area is 178 Å². The molecule has 2 fully saturated rings. The Morgan fingerprint density at radius 3 is 2.77 bits per heavy atom. The molecule has 4 atom stereocenters. The Balaban J connectivity index is 1.52. The van der Waals surface area contributed by atoms with Crippen molar-refractivity contribution in [2.45, 2.75) is 30.5 Å². The number of nitrogens with one attached hydrogen (secondary N) is 1. The second-order valence-electron chi connectivity index (χ2n) is 7.76. The second-order valence-corrected chi connectivity index (χ2v) is 7.76. The number of methoxy groups -OCH3 is 1. The smallest absolute Gasteiger partial charge is 0.408 e. The van der Waals surface area contributed by atoms with E-state index in [9.17, 15) is 19.5 Å². The van der Waals surface area contributed by atoms with Crippen LogP contribution in [-0.4, -0.2) is 64.3 Å². The van der Waals surface area contributed by atoms with Gasteiger partial charge >= 0.3 is 12.1 Å². The summed E-state index contributed by atoms with van der Waals surface area (Å²) in [4.78, 5) is 42.3. The minimum absolute atomic E-state index is 0.00837. The number of amides is 2. The van der Waals surface area contributed by atoms with Gasteiger partial charge in [0.15, 0.2) is 0 Å². The maximum absolute atomic E-state index is 13.0. The molecule has 9 nitrogen and oxygen atoms in total. The van der Waals surface area contributed by atoms with Crippen molar-refractivity contribution >= 4 is 28.7 Å². The molecule has 2 amide bonds. The van der Waals surface area contributed by atoms with Gasteiger partial charge in [-0.3, -0.25) is 9.69 Å². The lowest BCUT2D eigenvalue weighted by Gasteiger charge is -2.23. The molecule has 4 rings (SSSR count). The van der Waals surface area contributed by atoms with Gasteiger partial charge in [-0.05, 0) is 23.9 Å². The fourth-order valence-electron chi connectivity index (χ4n) is 4.17. The van der Waals surface area contributed by atoms with Crippen LogP contribution >= 0.6 is 0 Å². The van der Waals surface area contributed by atoms with Gasteiger partial charge in [0.1, 0.15) is 17.7 Å².